The van der Waals surface area contributed by atoms with Gasteiger partial charge >= 0.3 is 0 Å². The number of anilines is 1. The van der Waals surface area contributed by atoms with Crippen LogP contribution in [0.5, 0.6) is 11.5 Å². The van der Waals surface area contributed by atoms with E-state index in [-0.39, 0.29) is 10.6 Å². The highest BCUT2D eigenvalue weighted by Crippen LogP contribution is 2.34. The molecule has 0 heterocycles. The minimum atomic E-state index is -0.640. The molecule has 0 unspecified atom stereocenters. The van der Waals surface area contributed by atoms with Gasteiger partial charge in [-0.3, -0.25) is 4.79 Å². The van der Waals surface area contributed by atoms with E-state index >= 15 is 0 Å². The zero-order valence-electron chi connectivity index (χ0n) is 11.5. The first-order valence-electron chi connectivity index (χ1n) is 6.31. The number of halogens is 2. The first kappa shape index (κ1) is 16.7. The van der Waals surface area contributed by atoms with Gasteiger partial charge in [0.25, 0.3) is 5.91 Å². The molecule has 5 nitrogen and oxygen atoms in total. The van der Waals surface area contributed by atoms with Crippen molar-refractivity contribution in [3.8, 4) is 17.6 Å². The monoisotopic (exact) mass is 348 g/mol. The summed E-state index contributed by atoms with van der Waals surface area (Å²) in [4.78, 5) is 12.1. The van der Waals surface area contributed by atoms with Crippen molar-refractivity contribution >= 4 is 40.9 Å². The van der Waals surface area contributed by atoms with Crippen LogP contribution < -0.4 is 5.32 Å². The molecule has 0 aliphatic carbocycles. The number of hydrogen-bond acceptors (Lipinski definition) is 4. The van der Waals surface area contributed by atoms with Gasteiger partial charge in [-0.15, -0.1) is 0 Å². The van der Waals surface area contributed by atoms with Gasteiger partial charge in [-0.25, -0.2) is 0 Å². The normalized spacial score (nSPS) is 10.9. The van der Waals surface area contributed by atoms with Gasteiger partial charge in [0.2, 0.25) is 0 Å². The molecule has 7 heteroatoms. The van der Waals surface area contributed by atoms with Gasteiger partial charge in [-0.1, -0.05) is 29.3 Å². The Kier molecular flexibility index (Phi) is 5.12. The summed E-state index contributed by atoms with van der Waals surface area (Å²) in [5.74, 6) is -1.56. The fraction of sp³-hybridized carbons (Fsp3) is 0. The molecule has 3 N–H and O–H groups in total. The Bertz CT molecular complexity index is 818. The number of carbonyl (C=O) groups excluding carboxylic acids is 1. The first-order valence-corrected chi connectivity index (χ1v) is 7.06. The molecule has 0 atom stereocenters. The molecule has 0 saturated heterocycles. The predicted molar refractivity (Wildman–Crippen MR) is 88.5 cm³/mol. The molecule has 0 bridgehead atoms. The summed E-state index contributed by atoms with van der Waals surface area (Å²) in [5.41, 5.74) is 0.532. The molecule has 0 aromatic heterocycles. The highest BCUT2D eigenvalue weighted by molar-refractivity contribution is 6.32. The molecule has 0 spiro atoms. The van der Waals surface area contributed by atoms with Crippen molar-refractivity contribution in [1.82, 2.24) is 0 Å². The number of phenolic OH excluding ortho intramolecular Hbond substituents is 2. The maximum atomic E-state index is 12.1. The number of carbonyl (C=O) groups is 1. The molecular weight excluding hydrogens is 339 g/mol. The van der Waals surface area contributed by atoms with E-state index in [0.717, 1.165) is 0 Å². The Morgan fingerprint density at radius 3 is 2.57 bits per heavy atom. The summed E-state index contributed by atoms with van der Waals surface area (Å²) in [7, 11) is 0. The highest BCUT2D eigenvalue weighted by atomic mass is 35.5. The van der Waals surface area contributed by atoms with Crippen molar-refractivity contribution in [2.45, 2.75) is 0 Å². The lowest BCUT2D eigenvalue weighted by Gasteiger charge is -2.05. The second-order valence-electron chi connectivity index (χ2n) is 4.50. The van der Waals surface area contributed by atoms with Crippen LogP contribution in [0, 0.1) is 11.3 Å². The smallest absolute Gasteiger partial charge is 0.266 e. The standard InChI is InChI=1S/C16H10Cl2N2O3/c17-11-2-1-3-12(7-11)20-16(23)10(8-19)4-9-5-13(18)15(22)14(21)6-9/h1-7,21-22H,(H,20,23). The molecule has 0 aliphatic heterocycles. The van der Waals surface area contributed by atoms with Crippen molar-refractivity contribution in [1.29, 1.82) is 5.26 Å². The number of hydrogen-bond donors (Lipinski definition) is 3. The van der Waals surface area contributed by atoms with Crippen molar-refractivity contribution in [3.63, 3.8) is 0 Å². The predicted octanol–water partition coefficient (Wildman–Crippen LogP) is 3.95. The average Bonchev–Trinajstić information content (AvgIpc) is 2.50. The van der Waals surface area contributed by atoms with E-state index in [1.165, 1.54) is 24.3 Å². The maximum Gasteiger partial charge on any atom is 0.266 e. The SMILES string of the molecule is N#CC(=Cc1cc(O)c(O)c(Cl)c1)C(=O)Nc1cccc(Cl)c1. The molecular formula is C16H10Cl2N2O3. The number of rotatable bonds is 3. The third-order valence-electron chi connectivity index (χ3n) is 2.82. The number of nitrogens with one attached hydrogen (secondary N) is 1. The van der Waals surface area contributed by atoms with E-state index < -0.39 is 17.4 Å². The van der Waals surface area contributed by atoms with Crippen LogP contribution in [-0.4, -0.2) is 16.1 Å². The number of nitriles is 1. The summed E-state index contributed by atoms with van der Waals surface area (Å²) in [6.45, 7) is 0. The van der Waals surface area contributed by atoms with Gasteiger partial charge < -0.3 is 15.5 Å². The summed E-state index contributed by atoms with van der Waals surface area (Å²) < 4.78 is 0. The van der Waals surface area contributed by atoms with E-state index in [4.69, 9.17) is 28.5 Å². The van der Waals surface area contributed by atoms with Crippen molar-refractivity contribution in [2.24, 2.45) is 0 Å². The van der Waals surface area contributed by atoms with E-state index in [2.05, 4.69) is 5.32 Å². The minimum absolute atomic E-state index is 0.0937. The van der Waals surface area contributed by atoms with Crippen molar-refractivity contribution < 1.29 is 15.0 Å². The number of benzene rings is 2. The molecule has 0 aliphatic rings. The highest BCUT2D eigenvalue weighted by Gasteiger charge is 2.12. The quantitative estimate of drug-likeness (QED) is 0.444. The zero-order valence-corrected chi connectivity index (χ0v) is 13.1. The van der Waals surface area contributed by atoms with Crippen LogP contribution in [0.4, 0.5) is 5.69 Å². The number of phenols is 2. The lowest BCUT2D eigenvalue weighted by Crippen LogP contribution is -2.13. The van der Waals surface area contributed by atoms with Crippen LogP contribution in [0.15, 0.2) is 42.0 Å². The van der Waals surface area contributed by atoms with Gasteiger partial charge in [-0.2, -0.15) is 5.26 Å². The van der Waals surface area contributed by atoms with Crippen LogP contribution in [0.2, 0.25) is 10.0 Å². The van der Waals surface area contributed by atoms with Crippen LogP contribution in [0.3, 0.4) is 0 Å². The van der Waals surface area contributed by atoms with Gasteiger partial charge in [0.05, 0.1) is 5.02 Å². The molecule has 23 heavy (non-hydrogen) atoms. The van der Waals surface area contributed by atoms with E-state index in [1.807, 2.05) is 0 Å². The van der Waals surface area contributed by atoms with Gasteiger partial charge in [0, 0.05) is 10.7 Å². The summed E-state index contributed by atoms with van der Waals surface area (Å²) in [6, 6.07) is 10.8. The molecule has 0 fully saturated rings. The Morgan fingerprint density at radius 1 is 1.22 bits per heavy atom. The van der Waals surface area contributed by atoms with Gasteiger partial charge in [-0.05, 0) is 42.0 Å². The zero-order chi connectivity index (χ0) is 17.0. The molecule has 0 saturated carbocycles. The molecule has 116 valence electrons. The first-order chi connectivity index (χ1) is 10.9. The second-order valence-corrected chi connectivity index (χ2v) is 5.35. The minimum Gasteiger partial charge on any atom is -0.504 e. The third-order valence-corrected chi connectivity index (χ3v) is 3.35. The van der Waals surface area contributed by atoms with Crippen LogP contribution >= 0.6 is 23.2 Å². The lowest BCUT2D eigenvalue weighted by atomic mass is 10.1. The van der Waals surface area contributed by atoms with Gasteiger partial charge in [0.1, 0.15) is 11.6 Å². The van der Waals surface area contributed by atoms with Crippen LogP contribution in [-0.2, 0) is 4.79 Å². The molecule has 2 aromatic rings. The van der Waals surface area contributed by atoms with Crippen LogP contribution in [0.25, 0.3) is 6.08 Å². The third kappa shape index (κ3) is 4.16. The van der Waals surface area contributed by atoms with Crippen molar-refractivity contribution in [3.05, 3.63) is 57.6 Å². The lowest BCUT2D eigenvalue weighted by molar-refractivity contribution is -0.112. The fourth-order valence-corrected chi connectivity index (χ4v) is 2.18. The molecule has 1 amide bonds. The van der Waals surface area contributed by atoms with E-state index in [1.54, 1.807) is 24.3 Å². The Balaban J connectivity index is 2.28. The Labute approximate surface area is 142 Å². The number of nitrogens with zero attached hydrogens (tertiary/aromatic N) is 1. The van der Waals surface area contributed by atoms with Crippen molar-refractivity contribution in [2.75, 3.05) is 5.32 Å². The maximum absolute atomic E-state index is 12.1. The number of aromatic hydroxyl groups is 2. The Hall–Kier alpha value is -2.68. The molecule has 2 rings (SSSR count). The van der Waals surface area contributed by atoms with Gasteiger partial charge in [0.15, 0.2) is 11.5 Å². The second kappa shape index (κ2) is 7.05. The topological polar surface area (TPSA) is 93.3 Å². The van der Waals surface area contributed by atoms with E-state index in [9.17, 15) is 15.0 Å². The fourth-order valence-electron chi connectivity index (χ4n) is 1.77. The molecule has 2 aromatic carbocycles. The summed E-state index contributed by atoms with van der Waals surface area (Å²) >= 11 is 11.6. The van der Waals surface area contributed by atoms with E-state index in [0.29, 0.717) is 16.3 Å². The molecule has 0 radical (unpaired) electrons. The average molecular weight is 349 g/mol. The Morgan fingerprint density at radius 2 is 1.96 bits per heavy atom. The van der Waals surface area contributed by atoms with Crippen LogP contribution in [0.1, 0.15) is 5.56 Å². The largest absolute Gasteiger partial charge is 0.504 e. The summed E-state index contributed by atoms with van der Waals surface area (Å²) in [5, 5.41) is 30.9. The summed E-state index contributed by atoms with van der Waals surface area (Å²) in [6.07, 6.45) is 1.24. The number of amides is 1.